The van der Waals surface area contributed by atoms with E-state index < -0.39 is 0 Å². The van der Waals surface area contributed by atoms with Crippen LogP contribution in [0.5, 0.6) is 0 Å². The monoisotopic (exact) mass is 364 g/mol. The third-order valence-electron chi connectivity index (χ3n) is 3.90. The van der Waals surface area contributed by atoms with Gasteiger partial charge in [-0.05, 0) is 42.0 Å². The highest BCUT2D eigenvalue weighted by molar-refractivity contribution is 6.05. The lowest BCUT2D eigenvalue weighted by Gasteiger charge is -2.18. The molecule has 7 nitrogen and oxygen atoms in total. The summed E-state index contributed by atoms with van der Waals surface area (Å²) in [5, 5.41) is 5.62. The first-order chi connectivity index (χ1) is 13.0. The van der Waals surface area contributed by atoms with Gasteiger partial charge < -0.3 is 20.0 Å². The van der Waals surface area contributed by atoms with Crippen molar-refractivity contribution < 1.29 is 14.0 Å². The number of amides is 2. The molecule has 0 aliphatic heterocycles. The highest BCUT2D eigenvalue weighted by Crippen LogP contribution is 2.23. The number of hydrogen-bond donors (Lipinski definition) is 2. The Kier molecular flexibility index (Phi) is 5.51. The van der Waals surface area contributed by atoms with E-state index in [2.05, 4.69) is 15.6 Å². The molecule has 0 saturated carbocycles. The molecule has 27 heavy (non-hydrogen) atoms. The standard InChI is InChI=1S/C20H20N4O3/c1-24(2)17-8-7-15(23-20(26)18-6-4-10-27-18)11-16(17)19(25)22-13-14-5-3-9-21-12-14/h3-12H,13H2,1-2H3,(H,22,25)(H,23,26). The van der Waals surface area contributed by atoms with Crippen LogP contribution < -0.4 is 15.5 Å². The maximum atomic E-state index is 12.7. The first-order valence-electron chi connectivity index (χ1n) is 8.38. The second-order valence-corrected chi connectivity index (χ2v) is 6.10. The van der Waals surface area contributed by atoms with Gasteiger partial charge in [0.1, 0.15) is 0 Å². The Balaban J connectivity index is 1.78. The SMILES string of the molecule is CN(C)c1ccc(NC(=O)c2ccco2)cc1C(=O)NCc1cccnc1. The van der Waals surface area contributed by atoms with Gasteiger partial charge in [-0.1, -0.05) is 6.07 Å². The number of rotatable bonds is 6. The Morgan fingerprint density at radius 3 is 2.63 bits per heavy atom. The van der Waals surface area contributed by atoms with Crippen molar-refractivity contribution in [2.75, 3.05) is 24.3 Å². The lowest BCUT2D eigenvalue weighted by atomic mass is 10.1. The van der Waals surface area contributed by atoms with Crippen LogP contribution in [0.25, 0.3) is 0 Å². The fourth-order valence-electron chi connectivity index (χ4n) is 2.57. The van der Waals surface area contributed by atoms with Crippen molar-refractivity contribution in [3.63, 3.8) is 0 Å². The van der Waals surface area contributed by atoms with Crippen LogP contribution in [0.3, 0.4) is 0 Å². The summed E-state index contributed by atoms with van der Waals surface area (Å²) >= 11 is 0. The summed E-state index contributed by atoms with van der Waals surface area (Å²) in [6.45, 7) is 0.364. The molecule has 2 amide bonds. The minimum atomic E-state index is -0.376. The number of aromatic nitrogens is 1. The molecular weight excluding hydrogens is 344 g/mol. The highest BCUT2D eigenvalue weighted by Gasteiger charge is 2.16. The molecule has 0 unspecified atom stereocenters. The third-order valence-corrected chi connectivity index (χ3v) is 3.90. The molecule has 0 fully saturated rings. The van der Waals surface area contributed by atoms with Crippen molar-refractivity contribution in [1.82, 2.24) is 10.3 Å². The summed E-state index contributed by atoms with van der Waals surface area (Å²) in [7, 11) is 3.71. The van der Waals surface area contributed by atoms with E-state index in [-0.39, 0.29) is 17.6 Å². The summed E-state index contributed by atoms with van der Waals surface area (Å²) in [5.41, 5.74) is 2.61. The van der Waals surface area contributed by atoms with Gasteiger partial charge in [-0.2, -0.15) is 0 Å². The maximum Gasteiger partial charge on any atom is 0.291 e. The molecular formula is C20H20N4O3. The van der Waals surface area contributed by atoms with E-state index in [1.807, 2.05) is 31.1 Å². The Morgan fingerprint density at radius 2 is 1.96 bits per heavy atom. The fraction of sp³-hybridized carbons (Fsp3) is 0.150. The normalized spacial score (nSPS) is 10.3. The lowest BCUT2D eigenvalue weighted by Crippen LogP contribution is -2.25. The number of anilines is 2. The van der Waals surface area contributed by atoms with Crippen LogP contribution >= 0.6 is 0 Å². The molecule has 3 aromatic rings. The van der Waals surface area contributed by atoms with E-state index in [0.29, 0.717) is 17.8 Å². The van der Waals surface area contributed by atoms with Crippen LogP contribution in [0.2, 0.25) is 0 Å². The lowest BCUT2D eigenvalue weighted by molar-refractivity contribution is 0.0949. The summed E-state index contributed by atoms with van der Waals surface area (Å²) < 4.78 is 5.09. The predicted molar refractivity (Wildman–Crippen MR) is 103 cm³/mol. The Hall–Kier alpha value is -3.61. The van der Waals surface area contributed by atoms with Crippen LogP contribution in [0, 0.1) is 0 Å². The van der Waals surface area contributed by atoms with Crippen molar-refractivity contribution >= 4 is 23.2 Å². The van der Waals surface area contributed by atoms with Crippen LogP contribution in [0.1, 0.15) is 26.5 Å². The molecule has 2 N–H and O–H groups in total. The molecule has 0 radical (unpaired) electrons. The molecule has 0 aliphatic rings. The van der Waals surface area contributed by atoms with Gasteiger partial charge in [0.15, 0.2) is 5.76 Å². The molecule has 1 aromatic carbocycles. The zero-order chi connectivity index (χ0) is 19.2. The predicted octanol–water partition coefficient (Wildman–Crippen LogP) is 2.92. The molecule has 3 rings (SSSR count). The number of pyridine rings is 1. The molecule has 0 atom stereocenters. The number of carbonyl (C=O) groups is 2. The first kappa shape index (κ1) is 18.2. The van der Waals surface area contributed by atoms with Gasteiger partial charge in [-0.25, -0.2) is 0 Å². The average Bonchev–Trinajstić information content (AvgIpc) is 3.21. The van der Waals surface area contributed by atoms with Gasteiger partial charge in [0.2, 0.25) is 0 Å². The number of hydrogen-bond acceptors (Lipinski definition) is 5. The second kappa shape index (κ2) is 8.18. The van der Waals surface area contributed by atoms with E-state index in [9.17, 15) is 9.59 Å². The highest BCUT2D eigenvalue weighted by atomic mass is 16.3. The molecule has 2 heterocycles. The summed E-state index contributed by atoms with van der Waals surface area (Å²) in [6, 6.07) is 12.1. The van der Waals surface area contributed by atoms with Gasteiger partial charge in [0.25, 0.3) is 11.8 Å². The van der Waals surface area contributed by atoms with Crippen molar-refractivity contribution in [2.45, 2.75) is 6.54 Å². The number of nitrogens with one attached hydrogen (secondary N) is 2. The number of nitrogens with zero attached hydrogens (tertiary/aromatic N) is 2. The van der Waals surface area contributed by atoms with Crippen LogP contribution in [0.4, 0.5) is 11.4 Å². The minimum absolute atomic E-state index is 0.203. The van der Waals surface area contributed by atoms with E-state index >= 15 is 0 Å². The molecule has 7 heteroatoms. The molecule has 2 aromatic heterocycles. The summed E-state index contributed by atoms with van der Waals surface area (Å²) in [4.78, 5) is 30.8. The van der Waals surface area contributed by atoms with E-state index in [1.165, 1.54) is 6.26 Å². The van der Waals surface area contributed by atoms with Gasteiger partial charge in [0, 0.05) is 44.4 Å². The minimum Gasteiger partial charge on any atom is -0.459 e. The van der Waals surface area contributed by atoms with Crippen molar-refractivity contribution in [3.8, 4) is 0 Å². The second-order valence-electron chi connectivity index (χ2n) is 6.10. The summed E-state index contributed by atoms with van der Waals surface area (Å²) in [5.74, 6) is -0.412. The molecule has 138 valence electrons. The Labute approximate surface area is 157 Å². The number of carbonyl (C=O) groups excluding carboxylic acids is 2. The Morgan fingerprint density at radius 1 is 1.11 bits per heavy atom. The third kappa shape index (κ3) is 4.52. The Bertz CT molecular complexity index is 922. The number of benzene rings is 1. The molecule has 0 saturated heterocycles. The fourth-order valence-corrected chi connectivity index (χ4v) is 2.57. The van der Waals surface area contributed by atoms with Gasteiger partial charge in [0.05, 0.1) is 11.8 Å². The van der Waals surface area contributed by atoms with E-state index in [0.717, 1.165) is 11.3 Å². The largest absolute Gasteiger partial charge is 0.459 e. The zero-order valence-corrected chi connectivity index (χ0v) is 15.1. The average molecular weight is 364 g/mol. The van der Waals surface area contributed by atoms with Crippen LogP contribution in [0.15, 0.2) is 65.5 Å². The first-order valence-corrected chi connectivity index (χ1v) is 8.38. The molecule has 0 spiro atoms. The maximum absolute atomic E-state index is 12.7. The van der Waals surface area contributed by atoms with Crippen molar-refractivity contribution in [3.05, 3.63) is 78.0 Å². The van der Waals surface area contributed by atoms with Crippen molar-refractivity contribution in [1.29, 1.82) is 0 Å². The van der Waals surface area contributed by atoms with Crippen molar-refractivity contribution in [2.24, 2.45) is 0 Å². The molecule has 0 bridgehead atoms. The van der Waals surface area contributed by atoms with Gasteiger partial charge in [-0.3, -0.25) is 14.6 Å². The zero-order valence-electron chi connectivity index (χ0n) is 15.1. The van der Waals surface area contributed by atoms with E-state index in [1.54, 1.807) is 42.7 Å². The molecule has 0 aliphatic carbocycles. The topological polar surface area (TPSA) is 87.5 Å². The van der Waals surface area contributed by atoms with Gasteiger partial charge >= 0.3 is 0 Å². The summed E-state index contributed by atoms with van der Waals surface area (Å²) in [6.07, 6.45) is 4.81. The smallest absolute Gasteiger partial charge is 0.291 e. The number of furan rings is 1. The van der Waals surface area contributed by atoms with Crippen LogP contribution in [-0.4, -0.2) is 30.9 Å². The van der Waals surface area contributed by atoms with E-state index in [4.69, 9.17) is 4.42 Å². The quantitative estimate of drug-likeness (QED) is 0.702. The van der Waals surface area contributed by atoms with Gasteiger partial charge in [-0.15, -0.1) is 0 Å². The van der Waals surface area contributed by atoms with Crippen LogP contribution in [-0.2, 0) is 6.54 Å².